The molecule has 0 aliphatic carbocycles. The molecule has 0 bridgehead atoms. The molecule has 0 fully saturated rings. The first kappa shape index (κ1) is 14.4. The SMILES string of the molecule is CCCCCCP(CC)CCCCC. The molecule has 14 heavy (non-hydrogen) atoms. The van der Waals surface area contributed by atoms with Crippen molar-refractivity contribution in [2.45, 2.75) is 65.7 Å². The fraction of sp³-hybridized carbons (Fsp3) is 1.00. The van der Waals surface area contributed by atoms with Crippen LogP contribution < -0.4 is 0 Å². The van der Waals surface area contributed by atoms with Crippen molar-refractivity contribution in [3.05, 3.63) is 0 Å². The molecular weight excluding hydrogens is 187 g/mol. The minimum Gasteiger partial charge on any atom is -0.107 e. The fourth-order valence-corrected chi connectivity index (χ4v) is 3.97. The molecule has 0 N–H and O–H groups in total. The van der Waals surface area contributed by atoms with E-state index in [1.54, 1.807) is 12.3 Å². The van der Waals surface area contributed by atoms with E-state index >= 15 is 0 Å². The van der Waals surface area contributed by atoms with Gasteiger partial charge in [-0.3, -0.25) is 0 Å². The zero-order chi connectivity index (χ0) is 10.6. The van der Waals surface area contributed by atoms with Crippen LogP contribution in [0.4, 0.5) is 0 Å². The highest BCUT2D eigenvalue weighted by molar-refractivity contribution is 7.57. The summed E-state index contributed by atoms with van der Waals surface area (Å²) in [6.07, 6.45) is 14.7. The molecular formula is C13H29P. The Bertz CT molecular complexity index is 101. The average molecular weight is 216 g/mol. The van der Waals surface area contributed by atoms with Crippen molar-refractivity contribution in [1.29, 1.82) is 0 Å². The van der Waals surface area contributed by atoms with Crippen LogP contribution in [0.2, 0.25) is 0 Å². The Kier molecular flexibility index (Phi) is 11.9. The summed E-state index contributed by atoms with van der Waals surface area (Å²) in [5.74, 6) is 0. The van der Waals surface area contributed by atoms with Crippen LogP contribution in [-0.2, 0) is 0 Å². The number of unbranched alkanes of at least 4 members (excludes halogenated alkanes) is 5. The highest BCUT2D eigenvalue weighted by atomic mass is 31.1. The monoisotopic (exact) mass is 216 g/mol. The molecule has 0 spiro atoms. The van der Waals surface area contributed by atoms with Gasteiger partial charge in [-0.1, -0.05) is 52.9 Å². The third-order valence-electron chi connectivity index (χ3n) is 2.85. The van der Waals surface area contributed by atoms with Gasteiger partial charge >= 0.3 is 0 Å². The van der Waals surface area contributed by atoms with Crippen LogP contribution >= 0.6 is 7.92 Å². The lowest BCUT2D eigenvalue weighted by Crippen LogP contribution is -1.93. The summed E-state index contributed by atoms with van der Waals surface area (Å²) in [5.41, 5.74) is 0. The molecule has 0 nitrogen and oxygen atoms in total. The Morgan fingerprint density at radius 1 is 0.643 bits per heavy atom. The lowest BCUT2D eigenvalue weighted by Gasteiger charge is -2.15. The van der Waals surface area contributed by atoms with Crippen LogP contribution in [0.1, 0.15) is 65.7 Å². The topological polar surface area (TPSA) is 0 Å². The van der Waals surface area contributed by atoms with Crippen LogP contribution in [0.5, 0.6) is 0 Å². The molecule has 0 aromatic heterocycles. The quantitative estimate of drug-likeness (QED) is 0.345. The second-order valence-electron chi connectivity index (χ2n) is 4.20. The first-order valence-corrected chi connectivity index (χ1v) is 8.47. The van der Waals surface area contributed by atoms with E-state index in [0.29, 0.717) is 7.92 Å². The molecule has 0 saturated heterocycles. The van der Waals surface area contributed by atoms with Crippen molar-refractivity contribution in [2.75, 3.05) is 18.5 Å². The highest BCUT2D eigenvalue weighted by Crippen LogP contribution is 2.37. The molecule has 0 aliphatic heterocycles. The second kappa shape index (κ2) is 11.5. The molecule has 0 aliphatic rings. The predicted molar refractivity (Wildman–Crippen MR) is 70.9 cm³/mol. The Morgan fingerprint density at radius 3 is 1.64 bits per heavy atom. The van der Waals surface area contributed by atoms with Crippen molar-refractivity contribution >= 4 is 7.92 Å². The Hall–Kier alpha value is 0.430. The minimum atomic E-state index is 0.413. The first-order valence-electron chi connectivity index (χ1n) is 6.57. The molecule has 0 amide bonds. The van der Waals surface area contributed by atoms with Crippen molar-refractivity contribution in [1.82, 2.24) is 0 Å². The van der Waals surface area contributed by atoms with E-state index in [1.165, 1.54) is 51.1 Å². The van der Waals surface area contributed by atoms with Crippen LogP contribution in [0.25, 0.3) is 0 Å². The molecule has 0 aromatic carbocycles. The second-order valence-corrected chi connectivity index (χ2v) is 7.07. The highest BCUT2D eigenvalue weighted by Gasteiger charge is 2.03. The summed E-state index contributed by atoms with van der Waals surface area (Å²) in [4.78, 5) is 0. The maximum absolute atomic E-state index is 2.39. The van der Waals surface area contributed by atoms with Gasteiger partial charge in [0.15, 0.2) is 0 Å². The van der Waals surface area contributed by atoms with Gasteiger partial charge in [0.2, 0.25) is 0 Å². The van der Waals surface area contributed by atoms with Crippen LogP contribution in [0, 0.1) is 0 Å². The minimum absolute atomic E-state index is 0.413. The lowest BCUT2D eigenvalue weighted by molar-refractivity contribution is 0.703. The summed E-state index contributed by atoms with van der Waals surface area (Å²) >= 11 is 0. The summed E-state index contributed by atoms with van der Waals surface area (Å²) in [5, 5.41) is 0. The van der Waals surface area contributed by atoms with Crippen LogP contribution in [0.3, 0.4) is 0 Å². The maximum Gasteiger partial charge on any atom is -0.0326 e. The number of hydrogen-bond donors (Lipinski definition) is 0. The van der Waals surface area contributed by atoms with Crippen molar-refractivity contribution in [3.8, 4) is 0 Å². The predicted octanol–water partition coefficient (Wildman–Crippen LogP) is 5.26. The summed E-state index contributed by atoms with van der Waals surface area (Å²) in [7, 11) is 0.413. The number of hydrogen-bond acceptors (Lipinski definition) is 0. The van der Waals surface area contributed by atoms with Gasteiger partial charge in [0, 0.05) is 0 Å². The van der Waals surface area contributed by atoms with Gasteiger partial charge in [-0.15, -0.1) is 7.92 Å². The van der Waals surface area contributed by atoms with Gasteiger partial charge in [-0.05, 0) is 31.3 Å². The first-order chi connectivity index (χ1) is 6.85. The lowest BCUT2D eigenvalue weighted by atomic mass is 10.2. The van der Waals surface area contributed by atoms with E-state index in [-0.39, 0.29) is 0 Å². The Morgan fingerprint density at radius 2 is 1.14 bits per heavy atom. The molecule has 86 valence electrons. The van der Waals surface area contributed by atoms with Gasteiger partial charge in [-0.25, -0.2) is 0 Å². The largest absolute Gasteiger partial charge is 0.107 e. The third kappa shape index (κ3) is 9.00. The summed E-state index contributed by atoms with van der Waals surface area (Å²) in [6, 6.07) is 0. The molecule has 0 radical (unpaired) electrons. The fourth-order valence-electron chi connectivity index (χ4n) is 1.78. The van der Waals surface area contributed by atoms with Gasteiger partial charge < -0.3 is 0 Å². The Balaban J connectivity index is 3.28. The van der Waals surface area contributed by atoms with Gasteiger partial charge in [0.05, 0.1) is 0 Å². The van der Waals surface area contributed by atoms with Gasteiger partial charge in [-0.2, -0.15) is 0 Å². The maximum atomic E-state index is 2.39. The molecule has 1 heteroatoms. The van der Waals surface area contributed by atoms with Crippen molar-refractivity contribution in [3.63, 3.8) is 0 Å². The van der Waals surface area contributed by atoms with Crippen LogP contribution in [-0.4, -0.2) is 18.5 Å². The molecule has 0 rings (SSSR count). The molecule has 0 saturated carbocycles. The van der Waals surface area contributed by atoms with Gasteiger partial charge in [0.1, 0.15) is 0 Å². The molecule has 1 unspecified atom stereocenters. The zero-order valence-corrected chi connectivity index (χ0v) is 11.4. The zero-order valence-electron chi connectivity index (χ0n) is 10.5. The van der Waals surface area contributed by atoms with Crippen molar-refractivity contribution < 1.29 is 0 Å². The molecule has 1 atom stereocenters. The van der Waals surface area contributed by atoms with Crippen molar-refractivity contribution in [2.24, 2.45) is 0 Å². The third-order valence-corrected chi connectivity index (χ3v) is 5.64. The van der Waals surface area contributed by atoms with E-state index in [0.717, 1.165) is 0 Å². The molecule has 0 aromatic rings. The normalized spacial score (nSPS) is 13.1. The average Bonchev–Trinajstić information content (AvgIpc) is 2.22. The van der Waals surface area contributed by atoms with E-state index < -0.39 is 0 Å². The summed E-state index contributed by atoms with van der Waals surface area (Å²) < 4.78 is 0. The molecule has 0 heterocycles. The Labute approximate surface area is 92.6 Å². The van der Waals surface area contributed by atoms with E-state index in [4.69, 9.17) is 0 Å². The van der Waals surface area contributed by atoms with E-state index in [9.17, 15) is 0 Å². The summed E-state index contributed by atoms with van der Waals surface area (Å²) in [6.45, 7) is 6.98. The standard InChI is InChI=1S/C13H29P/c1-4-7-9-11-13-14(6-3)12-10-8-5-2/h4-13H2,1-3H3. The smallest absolute Gasteiger partial charge is 0.0326 e. The van der Waals surface area contributed by atoms with Crippen LogP contribution in [0.15, 0.2) is 0 Å². The van der Waals surface area contributed by atoms with E-state index in [2.05, 4.69) is 20.8 Å². The van der Waals surface area contributed by atoms with Gasteiger partial charge in [0.25, 0.3) is 0 Å². The van der Waals surface area contributed by atoms with E-state index in [1.807, 2.05) is 0 Å². The number of rotatable bonds is 10.